The average molecular weight is 236 g/mol. The summed E-state index contributed by atoms with van der Waals surface area (Å²) in [6, 6.07) is 0. The van der Waals surface area contributed by atoms with E-state index in [2.05, 4.69) is 6.58 Å². The number of rotatable bonds is 8. The zero-order valence-electron chi connectivity index (χ0n) is 9.37. The van der Waals surface area contributed by atoms with Gasteiger partial charge in [0.05, 0.1) is 0 Å². The lowest BCUT2D eigenvalue weighted by Crippen LogP contribution is -2.44. The summed E-state index contributed by atoms with van der Waals surface area (Å²) in [6.07, 6.45) is 7.70. The Bertz CT molecular complexity index is 193. The summed E-state index contributed by atoms with van der Waals surface area (Å²) in [5, 5.41) is 8.74. The number of carboxylic acids is 1. The average Bonchev–Trinajstić information content (AvgIpc) is 2.10. The number of nitrogens with two attached hydrogens (primary N) is 1. The zero-order chi connectivity index (χ0) is 11.0. The molecule has 0 saturated carbocycles. The van der Waals surface area contributed by atoms with Gasteiger partial charge in [0, 0.05) is 0 Å². The highest BCUT2D eigenvalue weighted by molar-refractivity contribution is 5.85. The van der Waals surface area contributed by atoms with E-state index < -0.39 is 11.5 Å². The summed E-state index contributed by atoms with van der Waals surface area (Å²) in [4.78, 5) is 10.6. The Balaban J connectivity index is 0. The third-order valence-corrected chi connectivity index (χ3v) is 2.34. The van der Waals surface area contributed by atoms with Crippen LogP contribution in [0.15, 0.2) is 12.7 Å². The molecule has 4 heteroatoms. The second-order valence-corrected chi connectivity index (χ2v) is 3.96. The Morgan fingerprint density at radius 1 is 1.40 bits per heavy atom. The highest BCUT2D eigenvalue weighted by Crippen LogP contribution is 2.13. The van der Waals surface area contributed by atoms with Crippen molar-refractivity contribution in [1.29, 1.82) is 0 Å². The van der Waals surface area contributed by atoms with Crippen LogP contribution in [0, 0.1) is 0 Å². The van der Waals surface area contributed by atoms with Gasteiger partial charge >= 0.3 is 5.97 Å². The van der Waals surface area contributed by atoms with Gasteiger partial charge in [0.1, 0.15) is 5.54 Å². The van der Waals surface area contributed by atoms with Gasteiger partial charge in [-0.2, -0.15) is 0 Å². The van der Waals surface area contributed by atoms with E-state index in [-0.39, 0.29) is 12.4 Å². The van der Waals surface area contributed by atoms with E-state index in [1.54, 1.807) is 6.92 Å². The van der Waals surface area contributed by atoms with E-state index in [1.165, 1.54) is 0 Å². The van der Waals surface area contributed by atoms with Gasteiger partial charge in [-0.3, -0.25) is 4.79 Å². The smallest absolute Gasteiger partial charge is 0.323 e. The number of aliphatic carboxylic acids is 1. The largest absolute Gasteiger partial charge is 0.480 e. The van der Waals surface area contributed by atoms with Crippen LogP contribution in [0.5, 0.6) is 0 Å². The van der Waals surface area contributed by atoms with Crippen LogP contribution in [-0.2, 0) is 4.79 Å². The van der Waals surface area contributed by atoms with E-state index in [0.717, 1.165) is 32.1 Å². The van der Waals surface area contributed by atoms with Crippen molar-refractivity contribution in [2.24, 2.45) is 5.73 Å². The van der Waals surface area contributed by atoms with E-state index in [0.29, 0.717) is 6.42 Å². The van der Waals surface area contributed by atoms with E-state index in [4.69, 9.17) is 10.8 Å². The van der Waals surface area contributed by atoms with Gasteiger partial charge in [-0.15, -0.1) is 19.0 Å². The number of unbranched alkanes of at least 4 members (excludes halogenated alkanes) is 4. The minimum absolute atomic E-state index is 0. The maximum Gasteiger partial charge on any atom is 0.323 e. The first-order valence-corrected chi connectivity index (χ1v) is 5.14. The van der Waals surface area contributed by atoms with Crippen LogP contribution < -0.4 is 5.73 Å². The Morgan fingerprint density at radius 3 is 2.40 bits per heavy atom. The molecule has 0 aromatic carbocycles. The third-order valence-electron chi connectivity index (χ3n) is 2.34. The van der Waals surface area contributed by atoms with Crippen molar-refractivity contribution in [2.45, 2.75) is 51.0 Å². The predicted molar refractivity (Wildman–Crippen MR) is 65.4 cm³/mol. The maximum absolute atomic E-state index is 10.6. The van der Waals surface area contributed by atoms with Gasteiger partial charge in [-0.1, -0.05) is 25.3 Å². The first-order chi connectivity index (χ1) is 6.50. The van der Waals surface area contributed by atoms with Crippen molar-refractivity contribution < 1.29 is 9.90 Å². The third kappa shape index (κ3) is 8.45. The van der Waals surface area contributed by atoms with Gasteiger partial charge in [-0.05, 0) is 26.2 Å². The van der Waals surface area contributed by atoms with E-state index in [9.17, 15) is 4.79 Å². The lowest BCUT2D eigenvalue weighted by atomic mass is 9.95. The van der Waals surface area contributed by atoms with Gasteiger partial charge in [-0.25, -0.2) is 0 Å². The fourth-order valence-electron chi connectivity index (χ4n) is 1.24. The van der Waals surface area contributed by atoms with Crippen LogP contribution >= 0.6 is 12.4 Å². The van der Waals surface area contributed by atoms with Crippen LogP contribution in [0.2, 0.25) is 0 Å². The zero-order valence-corrected chi connectivity index (χ0v) is 10.2. The molecule has 0 amide bonds. The number of halogens is 1. The molecule has 0 aromatic rings. The van der Waals surface area contributed by atoms with Crippen molar-refractivity contribution in [1.82, 2.24) is 0 Å². The van der Waals surface area contributed by atoms with Gasteiger partial charge in [0.25, 0.3) is 0 Å². The fourth-order valence-corrected chi connectivity index (χ4v) is 1.24. The lowest BCUT2D eigenvalue weighted by Gasteiger charge is -2.18. The molecular weight excluding hydrogens is 214 g/mol. The highest BCUT2D eigenvalue weighted by Gasteiger charge is 2.26. The Morgan fingerprint density at radius 2 is 1.93 bits per heavy atom. The maximum atomic E-state index is 10.6. The van der Waals surface area contributed by atoms with Gasteiger partial charge in [0.15, 0.2) is 0 Å². The molecule has 0 aliphatic heterocycles. The van der Waals surface area contributed by atoms with Crippen molar-refractivity contribution in [3.05, 3.63) is 12.7 Å². The molecule has 0 radical (unpaired) electrons. The molecule has 0 rings (SSSR count). The predicted octanol–water partition coefficient (Wildman–Crippen LogP) is 2.74. The Hall–Kier alpha value is -0.540. The standard InChI is InChI=1S/C11H21NO2.ClH/c1-3-4-5-6-7-8-9-11(2,12)10(13)14;/h3H,1,4-9,12H2,2H3,(H,13,14);1H/t11-;/m0./s1. The molecular formula is C11H22ClNO2. The molecule has 0 fully saturated rings. The number of hydrogen-bond acceptors (Lipinski definition) is 2. The van der Waals surface area contributed by atoms with Crippen LogP contribution in [0.4, 0.5) is 0 Å². The molecule has 0 aliphatic rings. The minimum atomic E-state index is -1.06. The van der Waals surface area contributed by atoms with Crippen LogP contribution in [0.1, 0.15) is 45.4 Å². The molecule has 0 bridgehead atoms. The summed E-state index contributed by atoms with van der Waals surface area (Å²) < 4.78 is 0. The molecule has 3 N–H and O–H groups in total. The number of hydrogen-bond donors (Lipinski definition) is 2. The molecule has 0 aliphatic carbocycles. The normalized spacial score (nSPS) is 13.7. The second-order valence-electron chi connectivity index (χ2n) is 3.96. The van der Waals surface area contributed by atoms with E-state index >= 15 is 0 Å². The van der Waals surface area contributed by atoms with Crippen molar-refractivity contribution in [3.8, 4) is 0 Å². The molecule has 1 atom stereocenters. The molecule has 0 unspecified atom stereocenters. The second kappa shape index (κ2) is 8.74. The quantitative estimate of drug-likeness (QED) is 0.502. The summed E-state index contributed by atoms with van der Waals surface area (Å²) >= 11 is 0. The summed E-state index contributed by atoms with van der Waals surface area (Å²) in [5.74, 6) is -0.913. The number of allylic oxidation sites excluding steroid dienone is 1. The van der Waals surface area contributed by atoms with Crippen molar-refractivity contribution >= 4 is 18.4 Å². The first-order valence-electron chi connectivity index (χ1n) is 5.14. The van der Waals surface area contributed by atoms with Crippen molar-refractivity contribution in [3.63, 3.8) is 0 Å². The molecule has 0 aromatic heterocycles. The summed E-state index contributed by atoms with van der Waals surface area (Å²) in [7, 11) is 0. The van der Waals surface area contributed by atoms with Crippen molar-refractivity contribution in [2.75, 3.05) is 0 Å². The van der Waals surface area contributed by atoms with Gasteiger partial charge < -0.3 is 10.8 Å². The summed E-state index contributed by atoms with van der Waals surface area (Å²) in [5.41, 5.74) is 4.53. The Labute approximate surface area is 98.1 Å². The molecule has 3 nitrogen and oxygen atoms in total. The Kier molecular flexibility index (Phi) is 9.84. The van der Waals surface area contributed by atoms with Crippen LogP contribution in [-0.4, -0.2) is 16.6 Å². The minimum Gasteiger partial charge on any atom is -0.480 e. The number of carboxylic acid groups (broad SMARTS) is 1. The molecule has 0 saturated heterocycles. The summed E-state index contributed by atoms with van der Waals surface area (Å²) in [6.45, 7) is 5.21. The monoisotopic (exact) mass is 235 g/mol. The van der Waals surface area contributed by atoms with E-state index in [1.807, 2.05) is 6.08 Å². The van der Waals surface area contributed by atoms with Crippen LogP contribution in [0.25, 0.3) is 0 Å². The first kappa shape index (κ1) is 16.9. The molecule has 15 heavy (non-hydrogen) atoms. The molecule has 90 valence electrons. The topological polar surface area (TPSA) is 63.3 Å². The molecule has 0 heterocycles. The van der Waals surface area contributed by atoms with Gasteiger partial charge in [0.2, 0.25) is 0 Å². The van der Waals surface area contributed by atoms with Crippen LogP contribution in [0.3, 0.4) is 0 Å². The SMILES string of the molecule is C=CCCCCCC[C@](C)(N)C(=O)O.Cl. The fraction of sp³-hybridized carbons (Fsp3) is 0.727. The highest BCUT2D eigenvalue weighted by atomic mass is 35.5. The lowest BCUT2D eigenvalue weighted by molar-refractivity contribution is -0.142. The number of carbonyl (C=O) groups is 1. The molecule has 0 spiro atoms.